The van der Waals surface area contributed by atoms with E-state index in [0.717, 1.165) is 10.2 Å². The molecular weight excluding hydrogens is 312 g/mol. The molecule has 0 saturated carbocycles. The molecule has 0 bridgehead atoms. The molecule has 0 aliphatic carbocycles. The van der Waals surface area contributed by atoms with E-state index in [1.807, 2.05) is 6.07 Å². The predicted octanol–water partition coefficient (Wildman–Crippen LogP) is 4.30. The molecule has 0 radical (unpaired) electrons. The van der Waals surface area contributed by atoms with Crippen LogP contribution in [-0.2, 0) is 0 Å². The molecule has 0 heterocycles. The second-order valence-corrected chi connectivity index (χ2v) is 6.02. The van der Waals surface area contributed by atoms with Crippen LogP contribution in [0.15, 0.2) is 53.0 Å². The Bertz CT molecular complexity index is 554. The first kappa shape index (κ1) is 15.1. The number of nitrogens with one attached hydrogen (secondary N) is 1. The number of hydrogen-bond acceptors (Lipinski definition) is 2. The summed E-state index contributed by atoms with van der Waals surface area (Å²) in [4.78, 5) is 0. The van der Waals surface area contributed by atoms with Crippen molar-refractivity contribution in [1.29, 1.82) is 0 Å². The van der Waals surface area contributed by atoms with Crippen LogP contribution in [0.5, 0.6) is 0 Å². The number of halogens is 1. The van der Waals surface area contributed by atoms with Gasteiger partial charge in [-0.15, -0.1) is 0 Å². The Morgan fingerprint density at radius 1 is 1.15 bits per heavy atom. The first-order valence-electron chi connectivity index (χ1n) is 6.89. The molecule has 0 saturated heterocycles. The van der Waals surface area contributed by atoms with Crippen LogP contribution in [0.1, 0.15) is 24.0 Å². The summed E-state index contributed by atoms with van der Waals surface area (Å²) in [6.45, 7) is 4.90. The zero-order valence-corrected chi connectivity index (χ0v) is 13.5. The third kappa shape index (κ3) is 3.62. The van der Waals surface area contributed by atoms with Crippen LogP contribution < -0.4 is 11.1 Å². The van der Waals surface area contributed by atoms with Crippen LogP contribution in [0, 0.1) is 6.92 Å². The second kappa shape index (κ2) is 6.91. The Morgan fingerprint density at radius 2 is 1.85 bits per heavy atom. The van der Waals surface area contributed by atoms with Crippen LogP contribution in [0.25, 0.3) is 0 Å². The number of benzene rings is 2. The van der Waals surface area contributed by atoms with E-state index in [9.17, 15) is 0 Å². The maximum absolute atomic E-state index is 5.97. The van der Waals surface area contributed by atoms with Gasteiger partial charge in [-0.1, -0.05) is 43.3 Å². The zero-order chi connectivity index (χ0) is 14.5. The van der Waals surface area contributed by atoms with Gasteiger partial charge in [-0.25, -0.2) is 0 Å². The van der Waals surface area contributed by atoms with Crippen LogP contribution in [0.3, 0.4) is 0 Å². The van der Waals surface area contributed by atoms with Crippen molar-refractivity contribution >= 4 is 21.6 Å². The van der Waals surface area contributed by atoms with Gasteiger partial charge in [-0.05, 0) is 46.1 Å². The Kier molecular flexibility index (Phi) is 5.21. The lowest BCUT2D eigenvalue weighted by Gasteiger charge is -2.26. The fourth-order valence-corrected chi connectivity index (χ4v) is 2.69. The molecule has 2 atom stereocenters. The molecule has 3 N–H and O–H groups in total. The minimum Gasteiger partial charge on any atom is -0.380 e. The van der Waals surface area contributed by atoms with Gasteiger partial charge >= 0.3 is 0 Å². The van der Waals surface area contributed by atoms with Gasteiger partial charge in [0.05, 0.1) is 0 Å². The number of anilines is 1. The van der Waals surface area contributed by atoms with E-state index in [1.54, 1.807) is 0 Å². The van der Waals surface area contributed by atoms with Crippen molar-refractivity contribution in [3.8, 4) is 0 Å². The summed E-state index contributed by atoms with van der Waals surface area (Å²) in [5.74, 6) is 0.355. The molecule has 0 spiro atoms. The van der Waals surface area contributed by atoms with Crippen molar-refractivity contribution in [2.24, 2.45) is 5.73 Å². The summed E-state index contributed by atoms with van der Waals surface area (Å²) in [7, 11) is 0. The Labute approximate surface area is 129 Å². The number of nitrogens with two attached hydrogens (primary N) is 1. The first-order chi connectivity index (χ1) is 9.61. The van der Waals surface area contributed by atoms with Gasteiger partial charge in [0.15, 0.2) is 0 Å². The predicted molar refractivity (Wildman–Crippen MR) is 90.2 cm³/mol. The minimum absolute atomic E-state index is 0.204. The van der Waals surface area contributed by atoms with Gasteiger partial charge in [0.1, 0.15) is 0 Å². The Hall–Kier alpha value is -1.32. The minimum atomic E-state index is 0.204. The van der Waals surface area contributed by atoms with Gasteiger partial charge in [0, 0.05) is 28.7 Å². The Morgan fingerprint density at radius 3 is 2.50 bits per heavy atom. The fourth-order valence-electron chi connectivity index (χ4n) is 2.33. The third-order valence-electron chi connectivity index (χ3n) is 3.65. The maximum atomic E-state index is 5.97. The van der Waals surface area contributed by atoms with E-state index >= 15 is 0 Å². The normalized spacial score (nSPS) is 13.8. The highest BCUT2D eigenvalue weighted by molar-refractivity contribution is 9.10. The van der Waals surface area contributed by atoms with Crippen LogP contribution in [0.2, 0.25) is 0 Å². The lowest BCUT2D eigenvalue weighted by Crippen LogP contribution is -2.34. The molecule has 20 heavy (non-hydrogen) atoms. The van der Waals surface area contributed by atoms with E-state index < -0.39 is 0 Å². The van der Waals surface area contributed by atoms with Crippen molar-refractivity contribution < 1.29 is 0 Å². The quantitative estimate of drug-likeness (QED) is 0.856. The van der Waals surface area contributed by atoms with E-state index in [-0.39, 0.29) is 6.04 Å². The van der Waals surface area contributed by atoms with Crippen molar-refractivity contribution in [3.05, 3.63) is 64.1 Å². The number of aryl methyl sites for hydroxylation is 1. The van der Waals surface area contributed by atoms with Gasteiger partial charge in [0.2, 0.25) is 0 Å². The molecule has 0 aliphatic rings. The molecule has 2 rings (SSSR count). The van der Waals surface area contributed by atoms with Crippen molar-refractivity contribution in [1.82, 2.24) is 0 Å². The van der Waals surface area contributed by atoms with E-state index in [0.29, 0.717) is 12.5 Å². The number of hydrogen-bond donors (Lipinski definition) is 2. The van der Waals surface area contributed by atoms with E-state index in [4.69, 9.17) is 5.73 Å². The van der Waals surface area contributed by atoms with E-state index in [1.165, 1.54) is 11.1 Å². The molecule has 106 valence electrons. The fraction of sp³-hybridized carbons (Fsp3) is 0.294. The highest BCUT2D eigenvalue weighted by Gasteiger charge is 2.18. The highest BCUT2D eigenvalue weighted by Crippen LogP contribution is 2.27. The molecule has 0 aliphatic heterocycles. The largest absolute Gasteiger partial charge is 0.380 e. The van der Waals surface area contributed by atoms with Crippen molar-refractivity contribution in [2.45, 2.75) is 25.8 Å². The lowest BCUT2D eigenvalue weighted by atomic mass is 9.93. The summed E-state index contributed by atoms with van der Waals surface area (Å²) in [5.41, 5.74) is 9.61. The standard InChI is InChI=1S/C17H21BrN2/c1-12-8-9-15(18)16(10-12)20-17(11-19)13(2)14-6-4-3-5-7-14/h3-10,13,17,20H,11,19H2,1-2H3. The summed E-state index contributed by atoms with van der Waals surface area (Å²) in [5, 5.41) is 3.56. The molecule has 0 fully saturated rings. The zero-order valence-electron chi connectivity index (χ0n) is 11.9. The summed E-state index contributed by atoms with van der Waals surface area (Å²) in [6, 6.07) is 17.0. The summed E-state index contributed by atoms with van der Waals surface area (Å²) < 4.78 is 1.07. The van der Waals surface area contributed by atoms with Crippen LogP contribution >= 0.6 is 15.9 Å². The topological polar surface area (TPSA) is 38.0 Å². The molecule has 2 unspecified atom stereocenters. The van der Waals surface area contributed by atoms with Crippen LogP contribution in [0.4, 0.5) is 5.69 Å². The maximum Gasteiger partial charge on any atom is 0.0490 e. The molecule has 2 aromatic rings. The summed E-state index contributed by atoms with van der Waals surface area (Å²) in [6.07, 6.45) is 0. The molecule has 2 aromatic carbocycles. The number of rotatable bonds is 5. The monoisotopic (exact) mass is 332 g/mol. The molecule has 2 nitrogen and oxygen atoms in total. The average Bonchev–Trinajstić information content (AvgIpc) is 2.48. The molecular formula is C17H21BrN2. The van der Waals surface area contributed by atoms with E-state index in [2.05, 4.69) is 77.6 Å². The van der Waals surface area contributed by atoms with Crippen molar-refractivity contribution in [3.63, 3.8) is 0 Å². The second-order valence-electron chi connectivity index (χ2n) is 5.17. The van der Waals surface area contributed by atoms with Crippen LogP contribution in [-0.4, -0.2) is 12.6 Å². The smallest absolute Gasteiger partial charge is 0.0490 e. The lowest BCUT2D eigenvalue weighted by molar-refractivity contribution is 0.611. The average molecular weight is 333 g/mol. The molecule has 3 heteroatoms. The van der Waals surface area contributed by atoms with Crippen molar-refractivity contribution in [2.75, 3.05) is 11.9 Å². The van der Waals surface area contributed by atoms with Gasteiger partial charge in [0.25, 0.3) is 0 Å². The third-order valence-corrected chi connectivity index (χ3v) is 4.34. The van der Waals surface area contributed by atoms with Gasteiger partial charge < -0.3 is 11.1 Å². The summed E-state index contributed by atoms with van der Waals surface area (Å²) >= 11 is 3.59. The van der Waals surface area contributed by atoms with Gasteiger partial charge in [-0.3, -0.25) is 0 Å². The van der Waals surface area contributed by atoms with Gasteiger partial charge in [-0.2, -0.15) is 0 Å². The Balaban J connectivity index is 2.18. The molecule has 0 aromatic heterocycles. The molecule has 0 amide bonds. The SMILES string of the molecule is Cc1ccc(Br)c(NC(CN)C(C)c2ccccc2)c1. The first-order valence-corrected chi connectivity index (χ1v) is 7.69. The highest BCUT2D eigenvalue weighted by atomic mass is 79.9.